The van der Waals surface area contributed by atoms with Crippen molar-refractivity contribution in [3.05, 3.63) is 48.0 Å². The molecule has 1 saturated heterocycles. The number of hydrogen-bond donors (Lipinski definition) is 0. The van der Waals surface area contributed by atoms with Gasteiger partial charge in [-0.25, -0.2) is 0 Å². The molecular weight excluding hydrogens is 346 g/mol. The van der Waals surface area contributed by atoms with Gasteiger partial charge in [0, 0.05) is 0 Å². The second-order valence-electron chi connectivity index (χ2n) is 7.33. The van der Waals surface area contributed by atoms with Gasteiger partial charge in [-0.05, 0) is 76.1 Å². The molecule has 1 aliphatic heterocycles. The normalized spacial score (nSPS) is 21.2. The summed E-state index contributed by atoms with van der Waals surface area (Å²) in [4.78, 5) is 15.3. The van der Waals surface area contributed by atoms with E-state index >= 15 is 0 Å². The summed E-state index contributed by atoms with van der Waals surface area (Å²) in [5.74, 6) is 0.0634. The number of hydrogen-bond acceptors (Lipinski definition) is 3. The zero-order chi connectivity index (χ0) is 17.3. The first kappa shape index (κ1) is 21.0. The first-order chi connectivity index (χ1) is 12.3. The lowest BCUT2D eigenvalue weighted by atomic mass is 9.80. The number of carbonyl (C=O) groups is 1. The Balaban J connectivity index is 0.00000243. The van der Waals surface area contributed by atoms with Crippen LogP contribution in [0.5, 0.6) is 0 Å². The Hall–Kier alpha value is -1.32. The van der Waals surface area contributed by atoms with Gasteiger partial charge in [-0.3, -0.25) is 4.79 Å². The number of rotatable bonds is 8. The molecule has 4 heteroatoms. The van der Waals surface area contributed by atoms with Crippen LogP contribution in [0.4, 0.5) is 0 Å². The summed E-state index contributed by atoms with van der Waals surface area (Å²) in [6.45, 7) is 4.17. The lowest BCUT2D eigenvalue weighted by Crippen LogP contribution is -2.25. The Morgan fingerprint density at radius 1 is 1.12 bits per heavy atom. The number of esters is 1. The molecule has 3 nitrogen and oxygen atoms in total. The van der Waals surface area contributed by atoms with Crippen LogP contribution in [0, 0.1) is 5.92 Å². The molecule has 0 aromatic heterocycles. The Morgan fingerprint density at radius 3 is 2.58 bits per heavy atom. The third-order valence-electron chi connectivity index (χ3n) is 5.44. The number of benzene rings is 1. The molecule has 0 spiro atoms. The van der Waals surface area contributed by atoms with Crippen molar-refractivity contribution in [2.24, 2.45) is 5.92 Å². The lowest BCUT2D eigenvalue weighted by molar-refractivity contribution is -0.146. The number of halogens is 1. The molecule has 1 aliphatic carbocycles. The molecule has 1 heterocycles. The van der Waals surface area contributed by atoms with Gasteiger partial charge in [-0.1, -0.05) is 42.5 Å². The van der Waals surface area contributed by atoms with Gasteiger partial charge < -0.3 is 9.64 Å². The summed E-state index contributed by atoms with van der Waals surface area (Å²) < 4.78 is 5.69. The predicted molar refractivity (Wildman–Crippen MR) is 109 cm³/mol. The zero-order valence-electron chi connectivity index (χ0n) is 15.6. The van der Waals surface area contributed by atoms with Crippen LogP contribution in [-0.2, 0) is 9.53 Å². The first-order valence-corrected chi connectivity index (χ1v) is 9.95. The van der Waals surface area contributed by atoms with Crippen LogP contribution in [0.15, 0.2) is 42.5 Å². The van der Waals surface area contributed by atoms with Crippen LogP contribution in [0.25, 0.3) is 0 Å². The molecule has 0 N–H and O–H groups in total. The van der Waals surface area contributed by atoms with Gasteiger partial charge >= 0.3 is 5.97 Å². The minimum Gasteiger partial charge on any atom is -0.465 e. The van der Waals surface area contributed by atoms with Gasteiger partial charge in [0.05, 0.1) is 12.5 Å². The summed E-state index contributed by atoms with van der Waals surface area (Å²) in [5.41, 5.74) is 1.08. The largest absolute Gasteiger partial charge is 0.465 e. The summed E-state index contributed by atoms with van der Waals surface area (Å²) >= 11 is 0. The fourth-order valence-electron chi connectivity index (χ4n) is 4.04. The molecule has 1 aromatic carbocycles. The van der Waals surface area contributed by atoms with Crippen molar-refractivity contribution >= 4 is 18.4 Å². The monoisotopic (exact) mass is 377 g/mol. The van der Waals surface area contributed by atoms with Gasteiger partial charge in [0.2, 0.25) is 0 Å². The summed E-state index contributed by atoms with van der Waals surface area (Å²) in [5, 5.41) is 0. The van der Waals surface area contributed by atoms with E-state index < -0.39 is 0 Å². The Bertz CT molecular complexity index is 555. The van der Waals surface area contributed by atoms with Crippen LogP contribution in [0.1, 0.15) is 56.4 Å². The van der Waals surface area contributed by atoms with Gasteiger partial charge in [-0.15, -0.1) is 12.4 Å². The molecule has 0 amide bonds. The predicted octanol–water partition coefficient (Wildman–Crippen LogP) is 4.97. The maximum absolute atomic E-state index is 12.8. The van der Waals surface area contributed by atoms with Gasteiger partial charge in [0.15, 0.2) is 0 Å². The molecule has 1 fully saturated rings. The third-order valence-corrected chi connectivity index (χ3v) is 5.44. The lowest BCUT2D eigenvalue weighted by Gasteiger charge is -2.26. The highest BCUT2D eigenvalue weighted by Crippen LogP contribution is 2.33. The molecule has 0 saturated carbocycles. The Morgan fingerprint density at radius 2 is 1.88 bits per heavy atom. The van der Waals surface area contributed by atoms with Gasteiger partial charge in [0.1, 0.15) is 0 Å². The number of allylic oxidation sites excluding steroid dienone is 2. The fraction of sp³-hybridized carbons (Fsp3) is 0.591. The molecule has 0 radical (unpaired) electrons. The second kappa shape index (κ2) is 11.4. The van der Waals surface area contributed by atoms with Gasteiger partial charge in [-0.2, -0.15) is 0 Å². The number of ether oxygens (including phenoxy) is 1. The quantitative estimate of drug-likeness (QED) is 0.364. The van der Waals surface area contributed by atoms with Crippen molar-refractivity contribution in [3.63, 3.8) is 0 Å². The van der Waals surface area contributed by atoms with Crippen molar-refractivity contribution in [2.45, 2.75) is 50.9 Å². The number of nitrogens with zero attached hydrogens (tertiary/aromatic N) is 1. The van der Waals surface area contributed by atoms with E-state index in [0.29, 0.717) is 6.61 Å². The zero-order valence-corrected chi connectivity index (χ0v) is 16.5. The highest BCUT2D eigenvalue weighted by atomic mass is 35.5. The summed E-state index contributed by atoms with van der Waals surface area (Å²) in [7, 11) is 0. The average Bonchev–Trinajstić information content (AvgIpc) is 3.17. The molecule has 144 valence electrons. The van der Waals surface area contributed by atoms with Crippen LogP contribution in [0.3, 0.4) is 0 Å². The topological polar surface area (TPSA) is 29.5 Å². The molecule has 26 heavy (non-hydrogen) atoms. The summed E-state index contributed by atoms with van der Waals surface area (Å²) in [6, 6.07) is 10.1. The van der Waals surface area contributed by atoms with Crippen molar-refractivity contribution in [3.8, 4) is 0 Å². The highest BCUT2D eigenvalue weighted by molar-refractivity contribution is 5.85. The highest BCUT2D eigenvalue weighted by Gasteiger charge is 2.30. The average molecular weight is 378 g/mol. The number of likely N-dealkylation sites (tertiary alicyclic amines) is 1. The van der Waals surface area contributed by atoms with Crippen molar-refractivity contribution < 1.29 is 9.53 Å². The van der Waals surface area contributed by atoms with Gasteiger partial charge in [0.25, 0.3) is 0 Å². The van der Waals surface area contributed by atoms with Crippen LogP contribution in [-0.4, -0.2) is 37.1 Å². The molecule has 2 aliphatic rings. The van der Waals surface area contributed by atoms with Crippen molar-refractivity contribution in [1.29, 1.82) is 0 Å². The third kappa shape index (κ3) is 6.14. The summed E-state index contributed by atoms with van der Waals surface area (Å²) in [6.07, 6.45) is 12.5. The van der Waals surface area contributed by atoms with Crippen LogP contribution >= 0.6 is 12.4 Å². The van der Waals surface area contributed by atoms with Crippen LogP contribution in [0.2, 0.25) is 0 Å². The molecule has 3 rings (SSSR count). The minimum atomic E-state index is -0.156. The number of unbranched alkanes of at least 4 members (excludes halogenated alkanes) is 1. The van der Waals surface area contributed by atoms with E-state index in [0.717, 1.165) is 44.2 Å². The molecular formula is C22H32ClNO2. The smallest absolute Gasteiger partial charge is 0.314 e. The van der Waals surface area contributed by atoms with E-state index in [2.05, 4.69) is 29.2 Å². The molecule has 2 atom stereocenters. The van der Waals surface area contributed by atoms with E-state index in [4.69, 9.17) is 4.74 Å². The Labute approximate surface area is 164 Å². The SMILES string of the molecule is Cl.O=C(OCCCCN1CCCC1)C(c1ccccc1)C1C=CCCC1. The molecule has 1 aromatic rings. The van der Waals surface area contributed by atoms with E-state index in [9.17, 15) is 4.79 Å². The minimum absolute atomic E-state index is 0. The molecule has 0 bridgehead atoms. The van der Waals surface area contributed by atoms with E-state index in [1.165, 1.54) is 25.9 Å². The number of carbonyl (C=O) groups excluding carboxylic acids is 1. The van der Waals surface area contributed by atoms with E-state index in [1.54, 1.807) is 0 Å². The van der Waals surface area contributed by atoms with Crippen molar-refractivity contribution in [2.75, 3.05) is 26.2 Å². The second-order valence-corrected chi connectivity index (χ2v) is 7.33. The standard InChI is InChI=1S/C22H31NO2.ClH/c24-22(25-18-10-9-17-23-15-7-8-16-23)21(19-11-3-1-4-12-19)20-13-5-2-6-14-20;/h1,3-5,11-13,20-21H,2,6-10,14-18H2;1H. The van der Waals surface area contributed by atoms with Crippen LogP contribution < -0.4 is 0 Å². The first-order valence-electron chi connectivity index (χ1n) is 9.95. The van der Waals surface area contributed by atoms with E-state index in [-0.39, 0.29) is 30.2 Å². The maximum Gasteiger partial charge on any atom is 0.314 e. The fourth-order valence-corrected chi connectivity index (χ4v) is 4.04. The van der Waals surface area contributed by atoms with E-state index in [1.807, 2.05) is 18.2 Å². The van der Waals surface area contributed by atoms with Crippen molar-refractivity contribution in [1.82, 2.24) is 4.90 Å². The maximum atomic E-state index is 12.8. The molecule has 2 unspecified atom stereocenters. The Kier molecular flexibility index (Phi) is 9.21.